The first-order valence-corrected chi connectivity index (χ1v) is 9.32. The second kappa shape index (κ2) is 7.84. The zero-order chi connectivity index (χ0) is 20.4. The molecule has 0 aliphatic carbocycles. The van der Waals surface area contributed by atoms with Gasteiger partial charge in [-0.1, -0.05) is 23.4 Å². The number of methoxy groups -OCH3 is 1. The largest absolute Gasteiger partial charge is 0.383 e. The number of nitrogens with zero attached hydrogens (tertiary/aromatic N) is 4. The molecule has 8 heteroatoms. The number of benzene rings is 2. The van der Waals surface area contributed by atoms with Crippen LogP contribution < -0.4 is 10.9 Å². The lowest BCUT2D eigenvalue weighted by atomic mass is 10.2. The first kappa shape index (κ1) is 18.8. The van der Waals surface area contributed by atoms with Gasteiger partial charge in [-0.2, -0.15) is 4.68 Å². The number of amides is 1. The van der Waals surface area contributed by atoms with E-state index in [1.165, 1.54) is 0 Å². The monoisotopic (exact) mass is 391 g/mol. The van der Waals surface area contributed by atoms with E-state index in [1.807, 2.05) is 30.5 Å². The number of aromatic nitrogens is 4. The Bertz CT molecular complexity index is 1240. The summed E-state index contributed by atoms with van der Waals surface area (Å²) in [7, 11) is 1.66. The number of ether oxygens (including phenoxy) is 1. The second-order valence-corrected chi connectivity index (χ2v) is 6.76. The Hall–Kier alpha value is -3.52. The summed E-state index contributed by atoms with van der Waals surface area (Å²) in [6.45, 7) is 2.95. The topological polar surface area (TPSA) is 91.0 Å². The fourth-order valence-corrected chi connectivity index (χ4v) is 3.32. The van der Waals surface area contributed by atoms with Crippen molar-refractivity contribution in [2.75, 3.05) is 19.0 Å². The van der Waals surface area contributed by atoms with E-state index >= 15 is 0 Å². The maximum atomic E-state index is 12.9. The molecule has 2 aromatic heterocycles. The van der Waals surface area contributed by atoms with E-state index in [4.69, 9.17) is 4.74 Å². The fraction of sp³-hybridized carbons (Fsp3) is 0.238. The van der Waals surface area contributed by atoms with Crippen molar-refractivity contribution in [2.24, 2.45) is 0 Å². The quantitative estimate of drug-likeness (QED) is 0.546. The predicted molar refractivity (Wildman–Crippen MR) is 111 cm³/mol. The number of nitrogens with one attached hydrogen (secondary N) is 1. The minimum atomic E-state index is -0.814. The van der Waals surface area contributed by atoms with E-state index in [0.717, 1.165) is 22.1 Å². The number of hydrogen-bond acceptors (Lipinski definition) is 5. The summed E-state index contributed by atoms with van der Waals surface area (Å²) in [6.07, 6.45) is 1.96. The Balaban J connectivity index is 1.62. The number of anilines is 1. The number of carbonyl (C=O) groups is 1. The van der Waals surface area contributed by atoms with Gasteiger partial charge in [0, 0.05) is 25.2 Å². The van der Waals surface area contributed by atoms with Crippen molar-refractivity contribution in [3.05, 3.63) is 65.1 Å². The molecule has 8 nitrogen and oxygen atoms in total. The first-order valence-electron chi connectivity index (χ1n) is 9.32. The maximum Gasteiger partial charge on any atom is 0.278 e. The standard InChI is InChI=1S/C21H21N5O3/c1-14(26-21(28)16-6-3-4-7-18(16)23-24-26)20(27)22-17-8-5-9-19-15(17)10-11-25(19)12-13-29-2/h3-11,14H,12-13H2,1-2H3,(H,22,27)/t14-/m0/s1. The molecule has 0 saturated carbocycles. The highest BCUT2D eigenvalue weighted by Gasteiger charge is 2.20. The number of carbonyl (C=O) groups excluding carboxylic acids is 1. The van der Waals surface area contributed by atoms with Crippen LogP contribution in [-0.4, -0.2) is 39.2 Å². The van der Waals surface area contributed by atoms with Crippen LogP contribution in [0, 0.1) is 0 Å². The third kappa shape index (κ3) is 3.50. The molecule has 0 fully saturated rings. The van der Waals surface area contributed by atoms with Gasteiger partial charge in [-0.05, 0) is 37.3 Å². The van der Waals surface area contributed by atoms with Crippen LogP contribution in [-0.2, 0) is 16.1 Å². The van der Waals surface area contributed by atoms with Gasteiger partial charge in [0.25, 0.3) is 5.56 Å². The molecule has 1 N–H and O–H groups in total. The molecular formula is C21H21N5O3. The van der Waals surface area contributed by atoms with Crippen molar-refractivity contribution in [3.8, 4) is 0 Å². The zero-order valence-corrected chi connectivity index (χ0v) is 16.2. The summed E-state index contributed by atoms with van der Waals surface area (Å²) < 4.78 is 8.32. The summed E-state index contributed by atoms with van der Waals surface area (Å²) in [6, 6.07) is 13.8. The van der Waals surface area contributed by atoms with E-state index in [0.29, 0.717) is 23.2 Å². The van der Waals surface area contributed by atoms with E-state index in [-0.39, 0.29) is 11.5 Å². The average Bonchev–Trinajstić information content (AvgIpc) is 3.16. The van der Waals surface area contributed by atoms with Crippen LogP contribution in [0.25, 0.3) is 21.8 Å². The van der Waals surface area contributed by atoms with Crippen molar-refractivity contribution in [3.63, 3.8) is 0 Å². The molecule has 4 aromatic rings. The summed E-state index contributed by atoms with van der Waals surface area (Å²) in [5.74, 6) is -0.339. The Morgan fingerprint density at radius 2 is 1.97 bits per heavy atom. The van der Waals surface area contributed by atoms with Gasteiger partial charge >= 0.3 is 0 Å². The van der Waals surface area contributed by atoms with Crippen LogP contribution in [0.1, 0.15) is 13.0 Å². The molecule has 0 aliphatic rings. The molecule has 148 valence electrons. The fourth-order valence-electron chi connectivity index (χ4n) is 3.32. The molecule has 0 aliphatic heterocycles. The highest BCUT2D eigenvalue weighted by Crippen LogP contribution is 2.25. The Kier molecular flexibility index (Phi) is 5.09. The summed E-state index contributed by atoms with van der Waals surface area (Å²) in [5.41, 5.74) is 1.83. The molecule has 1 atom stereocenters. The molecule has 0 radical (unpaired) electrons. The van der Waals surface area contributed by atoms with E-state index in [9.17, 15) is 9.59 Å². The third-order valence-corrected chi connectivity index (χ3v) is 4.95. The van der Waals surface area contributed by atoms with Crippen molar-refractivity contribution in [1.29, 1.82) is 0 Å². The first-order chi connectivity index (χ1) is 14.1. The molecular weight excluding hydrogens is 370 g/mol. The van der Waals surface area contributed by atoms with Crippen molar-refractivity contribution in [1.82, 2.24) is 19.6 Å². The van der Waals surface area contributed by atoms with E-state index < -0.39 is 6.04 Å². The van der Waals surface area contributed by atoms with Gasteiger partial charge in [0.05, 0.1) is 23.2 Å². The van der Waals surface area contributed by atoms with E-state index in [2.05, 4.69) is 20.2 Å². The van der Waals surface area contributed by atoms with Crippen molar-refractivity contribution >= 4 is 33.4 Å². The van der Waals surface area contributed by atoms with Gasteiger partial charge in [0.15, 0.2) is 0 Å². The predicted octanol–water partition coefficient (Wildman–Crippen LogP) is 2.59. The Morgan fingerprint density at radius 3 is 2.79 bits per heavy atom. The molecule has 4 rings (SSSR count). The van der Waals surface area contributed by atoms with Gasteiger partial charge in [-0.15, -0.1) is 5.10 Å². The Labute approximate surface area is 166 Å². The van der Waals surface area contributed by atoms with Gasteiger partial charge in [-0.3, -0.25) is 9.59 Å². The minimum Gasteiger partial charge on any atom is -0.383 e. The van der Waals surface area contributed by atoms with Crippen LogP contribution in [0.4, 0.5) is 5.69 Å². The molecule has 2 heterocycles. The van der Waals surface area contributed by atoms with Crippen molar-refractivity contribution in [2.45, 2.75) is 19.5 Å². The molecule has 0 unspecified atom stereocenters. The molecule has 0 spiro atoms. The highest BCUT2D eigenvalue weighted by atomic mass is 16.5. The lowest BCUT2D eigenvalue weighted by molar-refractivity contribution is -0.119. The SMILES string of the molecule is COCCn1ccc2c(NC(=O)[C@H](C)n3nnc4ccccc4c3=O)cccc21. The molecule has 1 amide bonds. The smallest absolute Gasteiger partial charge is 0.278 e. The summed E-state index contributed by atoms with van der Waals surface area (Å²) >= 11 is 0. The van der Waals surface area contributed by atoms with Crippen LogP contribution in [0.2, 0.25) is 0 Å². The molecule has 2 aromatic carbocycles. The minimum absolute atomic E-state index is 0.339. The van der Waals surface area contributed by atoms with Crippen LogP contribution in [0.15, 0.2) is 59.5 Å². The van der Waals surface area contributed by atoms with Gasteiger partial charge < -0.3 is 14.6 Å². The molecule has 0 saturated heterocycles. The molecule has 29 heavy (non-hydrogen) atoms. The van der Waals surface area contributed by atoms with Crippen LogP contribution in [0.5, 0.6) is 0 Å². The van der Waals surface area contributed by atoms with Gasteiger partial charge in [0.1, 0.15) is 11.6 Å². The van der Waals surface area contributed by atoms with Gasteiger partial charge in [-0.25, -0.2) is 0 Å². The average molecular weight is 391 g/mol. The number of hydrogen-bond donors (Lipinski definition) is 1. The van der Waals surface area contributed by atoms with Crippen molar-refractivity contribution < 1.29 is 9.53 Å². The lowest BCUT2D eigenvalue weighted by Crippen LogP contribution is -2.34. The van der Waals surface area contributed by atoms with Crippen LogP contribution in [0.3, 0.4) is 0 Å². The van der Waals surface area contributed by atoms with Gasteiger partial charge in [0.2, 0.25) is 5.91 Å². The maximum absolute atomic E-state index is 12.9. The van der Waals surface area contributed by atoms with E-state index in [1.54, 1.807) is 38.3 Å². The third-order valence-electron chi connectivity index (χ3n) is 4.95. The number of fused-ring (bicyclic) bond motifs is 2. The highest BCUT2D eigenvalue weighted by molar-refractivity contribution is 6.02. The zero-order valence-electron chi connectivity index (χ0n) is 16.2. The molecule has 0 bridgehead atoms. The van der Waals surface area contributed by atoms with Crippen LogP contribution >= 0.6 is 0 Å². The second-order valence-electron chi connectivity index (χ2n) is 6.76. The summed E-state index contributed by atoms with van der Waals surface area (Å²) in [5, 5.41) is 12.3. The number of rotatable bonds is 6. The Morgan fingerprint density at radius 1 is 1.14 bits per heavy atom. The normalized spacial score (nSPS) is 12.3. The summed E-state index contributed by atoms with van der Waals surface area (Å²) in [4.78, 5) is 25.6. The lowest BCUT2D eigenvalue weighted by Gasteiger charge is -2.14.